The van der Waals surface area contributed by atoms with Crippen molar-refractivity contribution in [3.63, 3.8) is 0 Å². The number of aliphatic hydroxyl groups is 1. The Morgan fingerprint density at radius 1 is 1.00 bits per heavy atom. The molecule has 0 saturated heterocycles. The third kappa shape index (κ3) is 103000. The SMILES string of the molecule is CO.O.O.O.O.O=[N+]([O-])[O-].[Cd]. The largest absolute Gasteiger partial charge is 0.412 e. The zero-order chi connectivity index (χ0) is 5.58. The van der Waals surface area contributed by atoms with Crippen molar-refractivity contribution in [1.29, 1.82) is 0 Å². The Morgan fingerprint density at radius 3 is 1.00 bits per heavy atom. The molecule has 0 bridgehead atoms. The molecule has 0 fully saturated rings. The summed E-state index contributed by atoms with van der Waals surface area (Å²) < 4.78 is 0. The number of aliphatic hydroxyl groups excluding tert-OH is 1. The zero-order valence-corrected chi connectivity index (χ0v) is 9.86. The van der Waals surface area contributed by atoms with Gasteiger partial charge in [0.25, 0.3) is 0 Å². The van der Waals surface area contributed by atoms with Crippen LogP contribution in [0.5, 0.6) is 0 Å². The maximum Gasteiger partial charge on any atom is 0.0689 e. The van der Waals surface area contributed by atoms with Gasteiger partial charge in [0.05, 0.1) is 5.09 Å². The van der Waals surface area contributed by atoms with Crippen molar-refractivity contribution in [2.45, 2.75) is 0 Å². The van der Waals surface area contributed by atoms with Crippen molar-refractivity contribution < 1.29 is 59.4 Å². The second-order valence-electron chi connectivity index (χ2n) is 0.224. The number of hydrogen-bond acceptors (Lipinski definition) is 4. The van der Waals surface area contributed by atoms with Crippen LogP contribution in [-0.2, 0) is 27.3 Å². The third-order valence-corrected chi connectivity index (χ3v) is 0. The normalized spacial score (nSPS) is 2.73. The molecule has 0 amide bonds. The molecule has 0 aliphatic heterocycles. The van der Waals surface area contributed by atoms with Gasteiger partial charge in [0.15, 0.2) is 0 Å². The average Bonchev–Trinajstić information content (AvgIpc) is 1.41. The Bertz CT molecular complexity index is 37.1. The van der Waals surface area contributed by atoms with Crippen LogP contribution in [0.3, 0.4) is 0 Å². The van der Waals surface area contributed by atoms with Gasteiger partial charge in [-0.2, -0.15) is 0 Å². The van der Waals surface area contributed by atoms with E-state index < -0.39 is 5.09 Å². The molecule has 10 heteroatoms. The first kappa shape index (κ1) is 69.9. The van der Waals surface area contributed by atoms with E-state index in [4.69, 9.17) is 20.4 Å². The van der Waals surface area contributed by atoms with Crippen LogP contribution >= 0.6 is 0 Å². The Hall–Kier alpha value is -0.0779. The van der Waals surface area contributed by atoms with Crippen molar-refractivity contribution >= 4 is 0 Å². The van der Waals surface area contributed by atoms with Gasteiger partial charge in [-0.05, 0) is 0 Å². The molecular weight excluding hydrogens is 266 g/mol. The topological polar surface area (TPSA) is 212 Å². The molecule has 0 heterocycles. The average molecular weight is 279 g/mol. The van der Waals surface area contributed by atoms with E-state index in [0.29, 0.717) is 0 Å². The first-order valence-corrected chi connectivity index (χ1v) is 0.995. The number of nitrogens with zero attached hydrogens (tertiary/aromatic N) is 1. The first-order valence-electron chi connectivity index (χ1n) is 0.995. The smallest absolute Gasteiger partial charge is 0.0689 e. The fourth-order valence-electron chi connectivity index (χ4n) is 0. The molecule has 0 aromatic carbocycles. The van der Waals surface area contributed by atoms with Gasteiger partial charge in [-0.15, -0.1) is 0 Å². The second-order valence-corrected chi connectivity index (χ2v) is 0.224. The monoisotopic (exact) mass is 280 g/mol. The fourth-order valence-corrected chi connectivity index (χ4v) is 0. The van der Waals surface area contributed by atoms with Gasteiger partial charge in [0, 0.05) is 34.4 Å². The van der Waals surface area contributed by atoms with Crippen LogP contribution in [0.1, 0.15) is 0 Å². The minimum Gasteiger partial charge on any atom is -0.412 e. The van der Waals surface area contributed by atoms with Crippen LogP contribution < -0.4 is 0 Å². The Balaban J connectivity index is -0.00000000432. The van der Waals surface area contributed by atoms with Gasteiger partial charge in [0.2, 0.25) is 0 Å². The van der Waals surface area contributed by atoms with Gasteiger partial charge < -0.3 is 42.3 Å². The molecule has 0 radical (unpaired) electrons. The van der Waals surface area contributed by atoms with Crippen LogP contribution in [0, 0.1) is 15.3 Å². The molecule has 72 valence electrons. The van der Waals surface area contributed by atoms with Crippen LogP contribution in [-0.4, -0.2) is 39.2 Å². The van der Waals surface area contributed by atoms with E-state index in [9.17, 15) is 0 Å². The molecule has 0 aliphatic carbocycles. The summed E-state index contributed by atoms with van der Waals surface area (Å²) in [5, 5.41) is 21.8. The summed E-state index contributed by atoms with van der Waals surface area (Å²) in [6, 6.07) is 0. The summed E-state index contributed by atoms with van der Waals surface area (Å²) in [7, 11) is 1.00. The maximum absolute atomic E-state index is 8.25. The summed E-state index contributed by atoms with van der Waals surface area (Å²) in [5.74, 6) is 0. The number of hydrogen-bond donors (Lipinski definition) is 1. The van der Waals surface area contributed by atoms with Crippen LogP contribution in [0.4, 0.5) is 0 Å². The van der Waals surface area contributed by atoms with Crippen molar-refractivity contribution in [1.82, 2.24) is 0 Å². The first-order chi connectivity index (χ1) is 2.73. The van der Waals surface area contributed by atoms with E-state index in [1.807, 2.05) is 0 Å². The van der Waals surface area contributed by atoms with Gasteiger partial charge in [-0.1, -0.05) is 0 Å². The quantitative estimate of drug-likeness (QED) is 0.267. The fraction of sp³-hybridized carbons (Fsp3) is 1.00. The Labute approximate surface area is 82.1 Å². The van der Waals surface area contributed by atoms with E-state index >= 15 is 0 Å². The van der Waals surface area contributed by atoms with E-state index in [1.54, 1.807) is 0 Å². The van der Waals surface area contributed by atoms with E-state index in [1.165, 1.54) is 0 Å². The van der Waals surface area contributed by atoms with Gasteiger partial charge in [-0.3, -0.25) is 0 Å². The summed E-state index contributed by atoms with van der Waals surface area (Å²) >= 11 is 0. The molecular formula is CH12CdNO8-. The summed E-state index contributed by atoms with van der Waals surface area (Å²) in [6.07, 6.45) is 0. The van der Waals surface area contributed by atoms with Gasteiger partial charge in [0.1, 0.15) is 0 Å². The Morgan fingerprint density at radius 2 is 1.00 bits per heavy atom. The minimum atomic E-state index is -1.75. The predicted octanol–water partition coefficient (Wildman–Crippen LogP) is -3.93. The molecule has 0 unspecified atom stereocenters. The van der Waals surface area contributed by atoms with Crippen molar-refractivity contribution in [3.8, 4) is 0 Å². The third-order valence-electron chi connectivity index (χ3n) is 0. The molecule has 0 saturated carbocycles. The van der Waals surface area contributed by atoms with Crippen molar-refractivity contribution in [3.05, 3.63) is 15.3 Å². The standard InChI is InChI=1S/CH4O.Cd.NO3.4H2O/c1-2;;2-1(3)4;;;;/h2H,1H3;;;4*1H2/q;;-1;;;;. The molecule has 0 aromatic heterocycles. The van der Waals surface area contributed by atoms with E-state index in [-0.39, 0.29) is 49.2 Å². The van der Waals surface area contributed by atoms with E-state index in [0.717, 1.165) is 7.11 Å². The summed E-state index contributed by atoms with van der Waals surface area (Å²) in [6.45, 7) is 0. The van der Waals surface area contributed by atoms with Crippen LogP contribution in [0.25, 0.3) is 0 Å². The summed E-state index contributed by atoms with van der Waals surface area (Å²) in [5.41, 5.74) is 0. The second kappa shape index (κ2) is 92.5. The predicted molar refractivity (Wildman–Crippen MR) is 33.0 cm³/mol. The molecule has 9 N–H and O–H groups in total. The van der Waals surface area contributed by atoms with Crippen LogP contribution in [0.15, 0.2) is 0 Å². The van der Waals surface area contributed by atoms with Crippen LogP contribution in [0.2, 0.25) is 0 Å². The van der Waals surface area contributed by atoms with E-state index in [2.05, 4.69) is 0 Å². The minimum absolute atomic E-state index is 0. The van der Waals surface area contributed by atoms with Crippen molar-refractivity contribution in [2.75, 3.05) is 7.11 Å². The molecule has 0 atom stereocenters. The van der Waals surface area contributed by atoms with Gasteiger partial charge >= 0.3 is 0 Å². The molecule has 0 aliphatic rings. The van der Waals surface area contributed by atoms with Gasteiger partial charge in [-0.25, -0.2) is 0 Å². The summed E-state index contributed by atoms with van der Waals surface area (Å²) in [4.78, 5) is 8.25. The molecule has 0 spiro atoms. The molecule has 0 aromatic rings. The van der Waals surface area contributed by atoms with Crippen molar-refractivity contribution in [2.24, 2.45) is 0 Å². The number of rotatable bonds is 0. The molecule has 0 rings (SSSR count). The zero-order valence-electron chi connectivity index (χ0n) is 5.83. The molecule has 11 heavy (non-hydrogen) atoms. The maximum atomic E-state index is 8.25. The molecule has 9 nitrogen and oxygen atoms in total. The Kier molecular flexibility index (Phi) is 588.